The summed E-state index contributed by atoms with van der Waals surface area (Å²) in [4.78, 5) is 28.9. The molecule has 4 rings (SSSR count). The maximum atomic E-state index is 14.1. The largest absolute Gasteiger partial charge is 0.322 e. The van der Waals surface area contributed by atoms with Crippen LogP contribution in [0.15, 0.2) is 57.8 Å². The van der Waals surface area contributed by atoms with Gasteiger partial charge in [0.2, 0.25) is 5.91 Å². The first kappa shape index (κ1) is 18.4. The molecular weight excluding hydrogens is 427 g/mol. The van der Waals surface area contributed by atoms with Crippen molar-refractivity contribution in [2.75, 3.05) is 5.32 Å². The molecule has 4 aromatic rings. The van der Waals surface area contributed by atoms with Crippen molar-refractivity contribution in [3.05, 3.63) is 74.9 Å². The van der Waals surface area contributed by atoms with E-state index in [-0.39, 0.29) is 17.2 Å². The second kappa shape index (κ2) is 6.87. The van der Waals surface area contributed by atoms with Crippen LogP contribution in [-0.2, 0) is 4.79 Å². The zero-order valence-electron chi connectivity index (χ0n) is 15.1. The van der Waals surface area contributed by atoms with Crippen molar-refractivity contribution in [2.45, 2.75) is 19.9 Å². The molecule has 0 saturated heterocycles. The Bertz CT molecular complexity index is 1290. The van der Waals surface area contributed by atoms with Crippen LogP contribution in [0.25, 0.3) is 16.6 Å². The third-order valence-corrected chi connectivity index (χ3v) is 5.12. The maximum Gasteiger partial charge on any atom is 0.273 e. The molecule has 2 heterocycles. The second-order valence-corrected chi connectivity index (χ2v) is 7.44. The summed E-state index contributed by atoms with van der Waals surface area (Å²) in [6, 6.07) is 12.6. The summed E-state index contributed by atoms with van der Waals surface area (Å²) >= 11 is 3.20. The number of anilines is 1. The lowest BCUT2D eigenvalue weighted by molar-refractivity contribution is -0.119. The first-order valence-corrected chi connectivity index (χ1v) is 9.41. The molecule has 0 spiro atoms. The van der Waals surface area contributed by atoms with Crippen molar-refractivity contribution < 1.29 is 9.18 Å². The molecule has 1 N–H and O–H groups in total. The number of fused-ring (bicyclic) bond motifs is 3. The molecule has 0 aliphatic rings. The van der Waals surface area contributed by atoms with Crippen LogP contribution in [0.2, 0.25) is 0 Å². The van der Waals surface area contributed by atoms with E-state index < -0.39 is 11.9 Å². The van der Waals surface area contributed by atoms with Crippen molar-refractivity contribution in [1.82, 2.24) is 14.2 Å². The van der Waals surface area contributed by atoms with Crippen molar-refractivity contribution >= 4 is 44.1 Å². The fourth-order valence-electron chi connectivity index (χ4n) is 3.33. The number of benzene rings is 2. The Labute approximate surface area is 167 Å². The number of carbonyl (C=O) groups is 1. The third-order valence-electron chi connectivity index (χ3n) is 4.63. The van der Waals surface area contributed by atoms with Gasteiger partial charge in [-0.2, -0.15) is 4.98 Å². The fraction of sp³-hybridized carbons (Fsp3) is 0.150. The highest BCUT2D eigenvalue weighted by molar-refractivity contribution is 9.10. The molecule has 1 unspecified atom stereocenters. The molecule has 0 fully saturated rings. The minimum Gasteiger partial charge on any atom is -0.322 e. The van der Waals surface area contributed by atoms with Crippen molar-refractivity contribution in [2.24, 2.45) is 0 Å². The van der Waals surface area contributed by atoms with E-state index in [1.807, 2.05) is 24.3 Å². The summed E-state index contributed by atoms with van der Waals surface area (Å²) in [6.45, 7) is 3.50. The summed E-state index contributed by atoms with van der Waals surface area (Å²) in [5.74, 6) is -0.916. The highest BCUT2D eigenvalue weighted by Crippen LogP contribution is 2.26. The van der Waals surface area contributed by atoms with Crippen LogP contribution >= 0.6 is 15.9 Å². The number of para-hydroxylation sites is 1. The molecule has 0 aliphatic heterocycles. The molecular formula is C20H16BrFN4O2. The predicted molar refractivity (Wildman–Crippen MR) is 109 cm³/mol. The summed E-state index contributed by atoms with van der Waals surface area (Å²) in [5.41, 5.74) is 1.65. The lowest BCUT2D eigenvalue weighted by Crippen LogP contribution is -2.27. The zero-order valence-corrected chi connectivity index (χ0v) is 16.7. The Morgan fingerprint density at radius 2 is 1.96 bits per heavy atom. The normalized spacial score (nSPS) is 12.4. The number of carbonyl (C=O) groups excluding carboxylic acids is 1. The first-order valence-electron chi connectivity index (χ1n) is 8.62. The molecule has 8 heteroatoms. The maximum absolute atomic E-state index is 14.1. The number of halogens is 2. The van der Waals surface area contributed by atoms with Crippen molar-refractivity contribution in [3.8, 4) is 0 Å². The number of aryl methyl sites for hydroxylation is 1. The van der Waals surface area contributed by atoms with E-state index in [9.17, 15) is 14.0 Å². The quantitative estimate of drug-likeness (QED) is 0.520. The number of hydrogen-bond acceptors (Lipinski definition) is 3. The molecule has 0 saturated carbocycles. The Balaban J connectivity index is 1.85. The average Bonchev–Trinajstić information content (AvgIpc) is 2.98. The number of nitrogens with one attached hydrogen (secondary N) is 1. The number of amides is 1. The first-order chi connectivity index (χ1) is 13.4. The van der Waals surface area contributed by atoms with Gasteiger partial charge in [-0.3, -0.25) is 14.3 Å². The zero-order chi connectivity index (χ0) is 20.0. The summed E-state index contributed by atoms with van der Waals surface area (Å²) < 4.78 is 18.2. The van der Waals surface area contributed by atoms with Crippen LogP contribution in [-0.4, -0.2) is 20.1 Å². The highest BCUT2D eigenvalue weighted by atomic mass is 79.9. The van der Waals surface area contributed by atoms with Gasteiger partial charge >= 0.3 is 0 Å². The Morgan fingerprint density at radius 3 is 2.71 bits per heavy atom. The van der Waals surface area contributed by atoms with Crippen molar-refractivity contribution in [1.29, 1.82) is 0 Å². The minimum absolute atomic E-state index is 0.0995. The molecule has 2 aromatic heterocycles. The summed E-state index contributed by atoms with van der Waals surface area (Å²) in [6.07, 6.45) is 0. The Morgan fingerprint density at radius 1 is 1.21 bits per heavy atom. The van der Waals surface area contributed by atoms with Crippen LogP contribution < -0.4 is 10.9 Å². The molecule has 0 bridgehead atoms. The van der Waals surface area contributed by atoms with Crippen LogP contribution in [0.3, 0.4) is 0 Å². The fourth-order valence-corrected chi connectivity index (χ4v) is 3.66. The lowest BCUT2D eigenvalue weighted by atomic mass is 10.2. The van der Waals surface area contributed by atoms with Crippen LogP contribution in [0.5, 0.6) is 0 Å². The Hall–Kier alpha value is -3.00. The van der Waals surface area contributed by atoms with E-state index in [2.05, 4.69) is 26.2 Å². The minimum atomic E-state index is -0.687. The van der Waals surface area contributed by atoms with E-state index in [0.717, 1.165) is 10.9 Å². The molecule has 142 valence electrons. The van der Waals surface area contributed by atoms with Crippen molar-refractivity contribution in [3.63, 3.8) is 0 Å². The summed E-state index contributed by atoms with van der Waals surface area (Å²) in [7, 11) is 0. The molecule has 1 atom stereocenters. The van der Waals surface area contributed by atoms with E-state index >= 15 is 0 Å². The molecule has 6 nitrogen and oxygen atoms in total. The van der Waals surface area contributed by atoms with Gasteiger partial charge in [-0.1, -0.05) is 28.1 Å². The molecule has 0 aliphatic carbocycles. The summed E-state index contributed by atoms with van der Waals surface area (Å²) in [5, 5.41) is 3.40. The van der Waals surface area contributed by atoms with Gasteiger partial charge in [-0.25, -0.2) is 8.91 Å². The molecule has 0 radical (unpaired) electrons. The van der Waals surface area contributed by atoms with Crippen LogP contribution in [0, 0.1) is 12.7 Å². The molecule has 1 amide bonds. The molecule has 2 aromatic carbocycles. The number of rotatable bonds is 3. The second-order valence-electron chi connectivity index (χ2n) is 6.52. The molecule has 28 heavy (non-hydrogen) atoms. The number of nitrogens with zero attached hydrogens (tertiary/aromatic N) is 3. The van der Waals surface area contributed by atoms with Gasteiger partial charge in [0.15, 0.2) is 5.65 Å². The van der Waals surface area contributed by atoms with E-state index in [4.69, 9.17) is 0 Å². The van der Waals surface area contributed by atoms with Gasteiger partial charge in [0.05, 0.1) is 11.2 Å². The lowest BCUT2D eigenvalue weighted by Gasteiger charge is -2.18. The predicted octanol–water partition coefficient (Wildman–Crippen LogP) is 4.06. The average molecular weight is 443 g/mol. The Kier molecular flexibility index (Phi) is 4.50. The van der Waals surface area contributed by atoms with Gasteiger partial charge in [0.1, 0.15) is 11.9 Å². The van der Waals surface area contributed by atoms with E-state index in [1.165, 1.54) is 18.2 Å². The third kappa shape index (κ3) is 2.99. The van der Waals surface area contributed by atoms with Gasteiger partial charge < -0.3 is 5.32 Å². The standard InChI is InChI=1S/C20H16BrFN4O2/c1-11-9-18(27)24-19-14-5-3-4-6-17(14)26(25(11)19)12(2)20(28)23-16-8-7-13(21)10-15(16)22/h3-10,12H,1-2H3,(H,23,28). The number of hydrogen-bond donors (Lipinski definition) is 1. The van der Waals surface area contributed by atoms with Gasteiger partial charge in [0, 0.05) is 21.6 Å². The monoisotopic (exact) mass is 442 g/mol. The van der Waals surface area contributed by atoms with E-state index in [0.29, 0.717) is 15.8 Å². The van der Waals surface area contributed by atoms with Gasteiger partial charge in [-0.05, 0) is 44.2 Å². The number of aromatic nitrogens is 3. The van der Waals surface area contributed by atoms with Gasteiger partial charge in [0.25, 0.3) is 5.56 Å². The smallest absolute Gasteiger partial charge is 0.273 e. The van der Waals surface area contributed by atoms with Crippen LogP contribution in [0.1, 0.15) is 18.7 Å². The topological polar surface area (TPSA) is 68.4 Å². The SMILES string of the molecule is Cc1cc(=O)nc2c3ccccc3n(C(C)C(=O)Nc3ccc(Br)cc3F)n12. The van der Waals surface area contributed by atoms with Gasteiger partial charge in [-0.15, -0.1) is 0 Å². The van der Waals surface area contributed by atoms with E-state index in [1.54, 1.807) is 29.1 Å². The van der Waals surface area contributed by atoms with Crippen LogP contribution in [0.4, 0.5) is 10.1 Å². The highest BCUT2D eigenvalue weighted by Gasteiger charge is 2.23.